The summed E-state index contributed by atoms with van der Waals surface area (Å²) in [6.45, 7) is 4.97. The molecule has 0 saturated carbocycles. The molecule has 2 aliphatic rings. The molecule has 1 saturated heterocycles. The maximum atomic E-state index is 13.5. The molecular formula is C23H35N6O5SY-. The van der Waals surface area contributed by atoms with Crippen LogP contribution in [0.3, 0.4) is 0 Å². The fourth-order valence-corrected chi connectivity index (χ4v) is 6.05. The van der Waals surface area contributed by atoms with Crippen LogP contribution in [0.2, 0.25) is 0 Å². The molecule has 2 heterocycles. The Kier molecular flexibility index (Phi) is 11.1. The fourth-order valence-electron chi connectivity index (χ4n) is 4.60. The van der Waals surface area contributed by atoms with Gasteiger partial charge in [-0.05, 0) is 37.7 Å². The molecule has 11 nitrogen and oxygen atoms in total. The molecule has 0 unspecified atom stereocenters. The number of guanidine groups is 1. The van der Waals surface area contributed by atoms with Crippen molar-refractivity contribution < 1.29 is 55.8 Å². The average Bonchev–Trinajstić information content (AvgIpc) is 2.79. The number of nitrogens with two attached hydrogens (primary N) is 2. The molecule has 0 aliphatic carbocycles. The third-order valence-electron chi connectivity index (χ3n) is 6.43. The first-order valence-electron chi connectivity index (χ1n) is 11.8. The van der Waals surface area contributed by atoms with E-state index in [2.05, 4.69) is 15.0 Å². The van der Waals surface area contributed by atoms with Gasteiger partial charge in [-0.15, -0.1) is 13.0 Å². The zero-order valence-corrected chi connectivity index (χ0v) is 24.4. The molecule has 0 bridgehead atoms. The molecule has 3 atom stereocenters. The van der Waals surface area contributed by atoms with Crippen LogP contribution in [0.4, 0.5) is 5.69 Å². The number of piperidine rings is 1. The van der Waals surface area contributed by atoms with E-state index in [1.54, 1.807) is 6.07 Å². The molecule has 0 aromatic heterocycles. The number of nitrogens with one attached hydrogen (secondary N) is 2. The molecule has 13 heteroatoms. The van der Waals surface area contributed by atoms with Gasteiger partial charge in [0.25, 0.3) is 0 Å². The summed E-state index contributed by atoms with van der Waals surface area (Å²) in [5, 5.41) is 12.9. The van der Waals surface area contributed by atoms with Crippen LogP contribution in [0.1, 0.15) is 45.1 Å². The fraction of sp³-hybridized carbons (Fsp3) is 0.565. The van der Waals surface area contributed by atoms with Crippen molar-refractivity contribution in [1.29, 1.82) is 0 Å². The van der Waals surface area contributed by atoms with Gasteiger partial charge in [0.2, 0.25) is 15.9 Å². The number of nitrogens with zero attached hydrogens (tertiary/aromatic N) is 2. The van der Waals surface area contributed by atoms with Crippen molar-refractivity contribution in [2.45, 2.75) is 62.9 Å². The molecule has 3 rings (SSSR count). The molecule has 2 aliphatic heterocycles. The Morgan fingerprint density at radius 1 is 1.36 bits per heavy atom. The first-order chi connectivity index (χ1) is 16.5. The van der Waals surface area contributed by atoms with Gasteiger partial charge in [-0.3, -0.25) is 15.7 Å². The van der Waals surface area contributed by atoms with Crippen molar-refractivity contribution in [3.8, 4) is 0 Å². The second kappa shape index (κ2) is 13.2. The number of carbonyl (C=O) groups is 2. The monoisotopic (exact) mass is 596 g/mol. The summed E-state index contributed by atoms with van der Waals surface area (Å²) in [5.74, 6) is -0.413. The van der Waals surface area contributed by atoms with Gasteiger partial charge in [0.05, 0.1) is 5.69 Å². The van der Waals surface area contributed by atoms with E-state index in [1.165, 1.54) is 16.9 Å². The topological polar surface area (TPSA) is 180 Å². The second-order valence-corrected chi connectivity index (χ2v) is 11.1. The summed E-state index contributed by atoms with van der Waals surface area (Å²) in [7, 11) is -4.11. The second-order valence-electron chi connectivity index (χ2n) is 9.42. The van der Waals surface area contributed by atoms with E-state index in [-0.39, 0.29) is 69.0 Å². The van der Waals surface area contributed by atoms with Gasteiger partial charge < -0.3 is 26.8 Å². The summed E-state index contributed by atoms with van der Waals surface area (Å²) in [6.07, 6.45) is 2.08. The number of carboxylic acid groups (broad SMARTS) is 1. The number of carboxylic acids is 1. The molecule has 1 radical (unpaired) electrons. The number of amides is 1. The number of aliphatic carboxylic acids is 1. The molecule has 7 N–H and O–H groups in total. The first-order valence-corrected chi connectivity index (χ1v) is 13.3. The molecule has 1 aromatic carbocycles. The minimum atomic E-state index is -4.11. The SMILES string of the molecule is C[C-]1CNc2c(cccc2S(=O)(=O)N[C@@H](CCCN=C(N)N)C(=O)N2CC[C@@H](C)C[C@@H]2C(=O)O)C1.[Y]. The Morgan fingerprint density at radius 3 is 2.75 bits per heavy atom. The smallest absolute Gasteiger partial charge is 0.326 e. The van der Waals surface area contributed by atoms with E-state index >= 15 is 0 Å². The van der Waals surface area contributed by atoms with E-state index in [0.29, 0.717) is 37.9 Å². The van der Waals surface area contributed by atoms with Gasteiger partial charge in [0, 0.05) is 45.8 Å². The maximum absolute atomic E-state index is 13.5. The summed E-state index contributed by atoms with van der Waals surface area (Å²) >= 11 is 0. The molecule has 36 heavy (non-hydrogen) atoms. The van der Waals surface area contributed by atoms with E-state index in [9.17, 15) is 23.1 Å². The summed E-state index contributed by atoms with van der Waals surface area (Å²) in [6, 6.07) is 2.89. The van der Waals surface area contributed by atoms with Gasteiger partial charge in [-0.1, -0.05) is 24.6 Å². The normalized spacial score (nSPS) is 20.9. The van der Waals surface area contributed by atoms with Crippen LogP contribution in [0.25, 0.3) is 0 Å². The average molecular weight is 597 g/mol. The van der Waals surface area contributed by atoms with Gasteiger partial charge in [-0.25, -0.2) is 13.2 Å². The standard InChI is InChI=1S/C23H35N6O5S.Y/c1-14-8-10-29(18(12-14)22(31)32)21(30)17(6-4-9-26-23(24)25)28-35(33,34)19-7-3-5-16-11-15(2)13-27-20(16)19;/h3,5,7,14,17-18,27-28H,4,6,8-13H2,1-2H3,(H,31,32)(H4,24,25,26);/q-1;/t14-,17+,18-;/m1./s1. The Balaban J connectivity index is 0.00000456. The third-order valence-corrected chi connectivity index (χ3v) is 7.95. The number of likely N-dealkylation sites (tertiary alicyclic amines) is 1. The number of hydrogen-bond acceptors (Lipinski definition) is 6. The molecule has 1 amide bonds. The van der Waals surface area contributed by atoms with Crippen molar-refractivity contribution in [3.63, 3.8) is 0 Å². The molecule has 1 aromatic rings. The van der Waals surface area contributed by atoms with E-state index in [4.69, 9.17) is 11.5 Å². The van der Waals surface area contributed by atoms with Gasteiger partial charge >= 0.3 is 5.97 Å². The van der Waals surface area contributed by atoms with Crippen LogP contribution in [-0.4, -0.2) is 68.0 Å². The van der Waals surface area contributed by atoms with Gasteiger partial charge in [-0.2, -0.15) is 11.6 Å². The largest absolute Gasteiger partial charge is 0.480 e. The summed E-state index contributed by atoms with van der Waals surface area (Å²) in [5.41, 5.74) is 12.1. The number of para-hydroxylation sites is 1. The Bertz CT molecular complexity index is 1080. The number of hydrogen-bond donors (Lipinski definition) is 5. The molecule has 197 valence electrons. The Hall–Kier alpha value is -1.76. The van der Waals surface area contributed by atoms with Crippen LogP contribution >= 0.6 is 0 Å². The summed E-state index contributed by atoms with van der Waals surface area (Å²) < 4.78 is 29.5. The Labute approximate surface area is 237 Å². The number of sulfonamides is 1. The quantitative estimate of drug-likeness (QED) is 0.119. The number of fused-ring (bicyclic) bond motifs is 1. The number of carbonyl (C=O) groups excluding carboxylic acids is 1. The zero-order chi connectivity index (χ0) is 25.8. The van der Waals surface area contributed by atoms with E-state index < -0.39 is 34.0 Å². The van der Waals surface area contributed by atoms with Crippen LogP contribution in [0.15, 0.2) is 28.1 Å². The molecule has 0 spiro atoms. The Morgan fingerprint density at radius 2 is 2.08 bits per heavy atom. The summed E-state index contributed by atoms with van der Waals surface area (Å²) in [4.78, 5) is 30.6. The molecular weight excluding hydrogens is 561 g/mol. The van der Waals surface area contributed by atoms with Crippen LogP contribution in [0.5, 0.6) is 0 Å². The van der Waals surface area contributed by atoms with Gasteiger partial charge in [0.1, 0.15) is 17.0 Å². The number of rotatable bonds is 9. The van der Waals surface area contributed by atoms with Crippen LogP contribution in [-0.2, 0) is 58.7 Å². The van der Waals surface area contributed by atoms with Crippen molar-refractivity contribution >= 4 is 33.5 Å². The predicted molar refractivity (Wildman–Crippen MR) is 133 cm³/mol. The van der Waals surface area contributed by atoms with Gasteiger partial charge in [0.15, 0.2) is 5.96 Å². The zero-order valence-electron chi connectivity index (χ0n) is 20.7. The van der Waals surface area contributed by atoms with Crippen LogP contribution < -0.4 is 21.5 Å². The molecule has 1 fully saturated rings. The first kappa shape index (κ1) is 30.5. The minimum Gasteiger partial charge on any atom is -0.480 e. The van der Waals surface area contributed by atoms with Crippen molar-refractivity contribution in [1.82, 2.24) is 9.62 Å². The number of benzene rings is 1. The predicted octanol–water partition coefficient (Wildman–Crippen LogP) is 0.659. The van der Waals surface area contributed by atoms with Crippen molar-refractivity contribution in [2.75, 3.05) is 25.0 Å². The minimum absolute atomic E-state index is 0. The van der Waals surface area contributed by atoms with Crippen LogP contribution in [0, 0.1) is 11.8 Å². The number of aliphatic imine (C=N–C) groups is 1. The van der Waals surface area contributed by atoms with E-state index in [1.807, 2.05) is 19.9 Å². The van der Waals surface area contributed by atoms with Crippen molar-refractivity contribution in [2.24, 2.45) is 22.4 Å². The number of anilines is 1. The van der Waals surface area contributed by atoms with E-state index in [0.717, 1.165) is 5.56 Å². The maximum Gasteiger partial charge on any atom is 0.326 e. The van der Waals surface area contributed by atoms with Crippen molar-refractivity contribution in [3.05, 3.63) is 29.7 Å². The third kappa shape index (κ3) is 7.63.